The van der Waals surface area contributed by atoms with Crippen LogP contribution in [0.5, 0.6) is 0 Å². The van der Waals surface area contributed by atoms with E-state index >= 15 is 0 Å². The fourth-order valence-electron chi connectivity index (χ4n) is 4.42. The van der Waals surface area contributed by atoms with E-state index in [9.17, 15) is 19.8 Å². The van der Waals surface area contributed by atoms with Gasteiger partial charge in [-0.3, -0.25) is 9.59 Å². The lowest BCUT2D eigenvalue weighted by atomic mass is 9.95. The molecule has 0 saturated heterocycles. The first-order chi connectivity index (χ1) is 16.2. The van der Waals surface area contributed by atoms with E-state index in [0.717, 1.165) is 28.0 Å². The number of ether oxygens (including phenoxy) is 2. The van der Waals surface area contributed by atoms with Gasteiger partial charge in [-0.25, -0.2) is 9.55 Å². The molecule has 3 rings (SSSR count). The van der Waals surface area contributed by atoms with E-state index in [4.69, 9.17) is 9.47 Å². The lowest BCUT2D eigenvalue weighted by Gasteiger charge is -2.16. The highest BCUT2D eigenvalue weighted by atomic mass is 16.5. The second kappa shape index (κ2) is 10.9. The van der Waals surface area contributed by atoms with Gasteiger partial charge in [0, 0.05) is 33.0 Å². The predicted molar refractivity (Wildman–Crippen MR) is 128 cm³/mol. The fourth-order valence-corrected chi connectivity index (χ4v) is 4.42. The monoisotopic (exact) mass is 472 g/mol. The quantitative estimate of drug-likeness (QED) is 0.367. The molecule has 0 saturated carbocycles. The molecule has 0 fully saturated rings. The zero-order chi connectivity index (χ0) is 25.0. The zero-order valence-corrected chi connectivity index (χ0v) is 20.4. The van der Waals surface area contributed by atoms with Crippen molar-refractivity contribution in [2.24, 2.45) is 13.0 Å². The summed E-state index contributed by atoms with van der Waals surface area (Å²) in [5, 5.41) is 19.2. The Bertz CT molecular complexity index is 1180. The number of hydrogen-bond acceptors (Lipinski definition) is 5. The van der Waals surface area contributed by atoms with Crippen molar-refractivity contribution in [3.8, 4) is 11.4 Å². The van der Waals surface area contributed by atoms with Gasteiger partial charge in [-0.2, -0.15) is 0 Å². The number of hydrogen-bond donors (Lipinski definition) is 3. The highest BCUT2D eigenvalue weighted by Gasteiger charge is 2.29. The van der Waals surface area contributed by atoms with Gasteiger partial charge in [0.2, 0.25) is 0 Å². The van der Waals surface area contributed by atoms with Gasteiger partial charge >= 0.3 is 5.97 Å². The maximum Gasteiger partial charge on any atom is 0.309 e. The molecule has 0 aliphatic rings. The standard InChI is InChI=1S/C25H33N3O6/c1-15-10-18(12-27(3)24(15)30)23-26-21-9-7-17(6-8-20(16(2)29)25(31)32)11-22(21)28(23)19(13-33-4)14-34-5/h7,9-12,16,19-20,29H,6,8,13-14H2,1-5H3,(H,31,32)/p+1/t16-,20+/m1/s1. The molecule has 0 unspecified atom stereocenters. The third kappa shape index (κ3) is 5.38. The molecule has 3 N–H and O–H groups in total. The van der Waals surface area contributed by atoms with Crippen molar-refractivity contribution in [2.75, 3.05) is 27.4 Å². The first kappa shape index (κ1) is 25.6. The third-order valence-corrected chi connectivity index (χ3v) is 6.18. The number of aromatic nitrogens is 3. The molecular weight excluding hydrogens is 438 g/mol. The van der Waals surface area contributed by atoms with Crippen molar-refractivity contribution >= 4 is 17.0 Å². The molecule has 2 atom stereocenters. The molecule has 3 aromatic rings. The Balaban J connectivity index is 2.14. The predicted octanol–water partition coefficient (Wildman–Crippen LogP) is 1.98. The average Bonchev–Trinajstić information content (AvgIpc) is 3.15. The van der Waals surface area contributed by atoms with E-state index in [1.807, 2.05) is 24.3 Å². The van der Waals surface area contributed by atoms with Crippen LogP contribution >= 0.6 is 0 Å². The largest absolute Gasteiger partial charge is 0.481 e. The summed E-state index contributed by atoms with van der Waals surface area (Å²) in [6.45, 7) is 4.12. The Labute approximate surface area is 198 Å². The van der Waals surface area contributed by atoms with E-state index in [-0.39, 0.29) is 11.6 Å². The van der Waals surface area contributed by atoms with Crippen LogP contribution in [0.4, 0.5) is 0 Å². The number of methoxy groups -OCH3 is 2. The zero-order valence-electron chi connectivity index (χ0n) is 20.4. The van der Waals surface area contributed by atoms with Crippen molar-refractivity contribution in [1.29, 1.82) is 0 Å². The second-order valence-electron chi connectivity index (χ2n) is 8.81. The van der Waals surface area contributed by atoms with Crippen molar-refractivity contribution in [1.82, 2.24) is 9.55 Å². The number of aliphatic carboxylic acids is 1. The Morgan fingerprint density at radius 3 is 2.44 bits per heavy atom. The van der Waals surface area contributed by atoms with E-state index in [1.54, 1.807) is 39.0 Å². The number of carboxylic acid groups (broad SMARTS) is 1. The Morgan fingerprint density at radius 1 is 1.21 bits per heavy atom. The number of carboxylic acids is 1. The second-order valence-corrected chi connectivity index (χ2v) is 8.81. The average molecular weight is 473 g/mol. The molecule has 9 heteroatoms. The first-order valence-electron chi connectivity index (χ1n) is 11.3. The number of aliphatic hydroxyl groups is 1. The van der Waals surface area contributed by atoms with Crippen molar-refractivity contribution in [3.63, 3.8) is 0 Å². The number of rotatable bonds is 11. The van der Waals surface area contributed by atoms with Crippen LogP contribution < -0.4 is 10.1 Å². The smallest absolute Gasteiger partial charge is 0.309 e. The molecule has 0 bridgehead atoms. The summed E-state index contributed by atoms with van der Waals surface area (Å²) < 4.78 is 14.7. The highest BCUT2D eigenvalue weighted by molar-refractivity contribution is 5.76. The van der Waals surface area contributed by atoms with Gasteiger partial charge in [0.05, 0.1) is 30.8 Å². The Kier molecular flexibility index (Phi) is 8.24. The minimum absolute atomic E-state index is 0.0508. The summed E-state index contributed by atoms with van der Waals surface area (Å²) in [4.78, 5) is 27.2. The summed E-state index contributed by atoms with van der Waals surface area (Å²) in [5.74, 6) is -1.01. The van der Waals surface area contributed by atoms with Gasteiger partial charge in [0.15, 0.2) is 11.0 Å². The molecule has 0 spiro atoms. The first-order valence-corrected chi connectivity index (χ1v) is 11.3. The molecule has 0 aliphatic carbocycles. The maximum absolute atomic E-state index is 12.3. The number of carbonyl (C=O) groups is 1. The summed E-state index contributed by atoms with van der Waals surface area (Å²) in [6.07, 6.45) is 1.71. The summed E-state index contributed by atoms with van der Waals surface area (Å²) in [6, 6.07) is 7.68. The molecule has 9 nitrogen and oxygen atoms in total. The number of fused-ring (bicyclic) bond motifs is 1. The number of pyridine rings is 1. The summed E-state index contributed by atoms with van der Waals surface area (Å²) >= 11 is 0. The van der Waals surface area contributed by atoms with Crippen LogP contribution in [0, 0.1) is 12.8 Å². The minimum atomic E-state index is -1.000. The van der Waals surface area contributed by atoms with Gasteiger partial charge in [-0.15, -0.1) is 0 Å². The van der Waals surface area contributed by atoms with E-state index in [0.29, 0.717) is 31.6 Å². The molecule has 0 radical (unpaired) electrons. The van der Waals surface area contributed by atoms with E-state index in [1.165, 1.54) is 6.92 Å². The molecule has 184 valence electrons. The third-order valence-electron chi connectivity index (χ3n) is 6.18. The van der Waals surface area contributed by atoms with Gasteiger partial charge in [-0.1, -0.05) is 6.07 Å². The number of nitrogens with one attached hydrogen (secondary N) is 1. The highest BCUT2D eigenvalue weighted by Crippen LogP contribution is 2.24. The van der Waals surface area contributed by atoms with Crippen LogP contribution in [-0.4, -0.2) is 59.3 Å². The number of aliphatic hydroxyl groups excluding tert-OH is 1. The maximum atomic E-state index is 12.3. The molecular formula is C25H34N3O6+. The SMILES string of the molecule is COCC(COC)[n+]1c(-c2cc(C)c(=O)n(C)c2)[nH]c2ccc(CC[C@H](C(=O)O)[C@@H](C)O)cc21. The van der Waals surface area contributed by atoms with Crippen molar-refractivity contribution < 1.29 is 29.0 Å². The van der Waals surface area contributed by atoms with Crippen LogP contribution in [0.15, 0.2) is 35.3 Å². The number of imidazole rings is 1. The van der Waals surface area contributed by atoms with Crippen LogP contribution in [-0.2, 0) is 27.7 Å². The number of nitrogens with zero attached hydrogens (tertiary/aromatic N) is 2. The van der Waals surface area contributed by atoms with Crippen LogP contribution in [0.2, 0.25) is 0 Å². The van der Waals surface area contributed by atoms with Crippen LogP contribution in [0.25, 0.3) is 22.4 Å². The summed E-state index contributed by atoms with van der Waals surface area (Å²) in [5.41, 5.74) is 4.22. The molecule has 0 aliphatic heterocycles. The van der Waals surface area contributed by atoms with Gasteiger partial charge < -0.3 is 24.3 Å². The topological polar surface area (TPSA) is 118 Å². The molecule has 0 amide bonds. The van der Waals surface area contributed by atoms with Crippen molar-refractivity contribution in [2.45, 2.75) is 38.8 Å². The van der Waals surface area contributed by atoms with E-state index in [2.05, 4.69) is 9.55 Å². The minimum Gasteiger partial charge on any atom is -0.481 e. The number of aryl methyl sites for hydroxylation is 3. The van der Waals surface area contributed by atoms with Crippen LogP contribution in [0.1, 0.15) is 30.5 Å². The van der Waals surface area contributed by atoms with Gasteiger partial charge in [-0.05, 0) is 50.5 Å². The normalized spacial score (nSPS) is 13.5. The molecule has 1 aromatic carbocycles. The lowest BCUT2D eigenvalue weighted by molar-refractivity contribution is -0.691. The van der Waals surface area contributed by atoms with Crippen molar-refractivity contribution in [3.05, 3.63) is 51.9 Å². The lowest BCUT2D eigenvalue weighted by Crippen LogP contribution is -2.45. The van der Waals surface area contributed by atoms with Gasteiger partial charge in [0.25, 0.3) is 11.4 Å². The molecule has 34 heavy (non-hydrogen) atoms. The fraction of sp³-hybridized carbons (Fsp3) is 0.480. The number of H-pyrrole nitrogens is 1. The van der Waals surface area contributed by atoms with E-state index < -0.39 is 18.0 Å². The number of benzene rings is 1. The Hall–Kier alpha value is -3.01. The van der Waals surface area contributed by atoms with Crippen LogP contribution in [0.3, 0.4) is 0 Å². The van der Waals surface area contributed by atoms with Gasteiger partial charge in [0.1, 0.15) is 6.04 Å². The summed E-state index contributed by atoms with van der Waals surface area (Å²) in [7, 11) is 5.01. The molecule has 2 heterocycles. The Morgan fingerprint density at radius 2 is 1.88 bits per heavy atom. The molecule has 2 aromatic heterocycles. The number of aromatic amines is 1.